The molecule has 1 saturated heterocycles. The number of likely N-dealkylation sites (tertiary alicyclic amines) is 1. The lowest BCUT2D eigenvalue weighted by molar-refractivity contribution is -0.139. The van der Waals surface area contributed by atoms with Crippen LogP contribution in [-0.4, -0.2) is 54.0 Å². The van der Waals surface area contributed by atoms with Crippen molar-refractivity contribution in [3.8, 4) is 0 Å². The highest BCUT2D eigenvalue weighted by molar-refractivity contribution is 6.01. The molecule has 43 heavy (non-hydrogen) atoms. The maximum Gasteiger partial charge on any atom is 0.337 e. The van der Waals surface area contributed by atoms with Gasteiger partial charge >= 0.3 is 12.0 Å². The Morgan fingerprint density at radius 1 is 0.977 bits per heavy atom. The number of aryl methyl sites for hydroxylation is 1. The number of esters is 1. The minimum absolute atomic E-state index is 0.165. The van der Waals surface area contributed by atoms with Gasteiger partial charge in [0.1, 0.15) is 12.6 Å². The van der Waals surface area contributed by atoms with Gasteiger partial charge in [0, 0.05) is 11.2 Å². The summed E-state index contributed by atoms with van der Waals surface area (Å²) in [7, 11) is 1.27. The molecule has 4 rings (SSSR count). The van der Waals surface area contributed by atoms with E-state index in [1.54, 1.807) is 23.1 Å². The van der Waals surface area contributed by atoms with E-state index in [1.165, 1.54) is 18.1 Å². The fourth-order valence-corrected chi connectivity index (χ4v) is 5.88. The summed E-state index contributed by atoms with van der Waals surface area (Å²) < 4.78 is 4.88. The molecule has 3 N–H and O–H groups in total. The van der Waals surface area contributed by atoms with Crippen LogP contribution in [0, 0.1) is 6.92 Å². The van der Waals surface area contributed by atoms with E-state index in [1.807, 2.05) is 82.3 Å². The second-order valence-electron chi connectivity index (χ2n) is 12.0. The van der Waals surface area contributed by atoms with Gasteiger partial charge in [-0.1, -0.05) is 60.7 Å². The average molecular weight is 585 g/mol. The number of nitrogens with two attached hydrogens (primary N) is 1. The lowest BCUT2D eigenvalue weighted by atomic mass is 9.84. The van der Waals surface area contributed by atoms with Crippen LogP contribution in [-0.2, 0) is 14.3 Å². The summed E-state index contributed by atoms with van der Waals surface area (Å²) in [6, 6.07) is 21.6. The van der Waals surface area contributed by atoms with E-state index in [4.69, 9.17) is 10.5 Å². The van der Waals surface area contributed by atoms with Crippen LogP contribution >= 0.6 is 0 Å². The van der Waals surface area contributed by atoms with Gasteiger partial charge in [0.2, 0.25) is 11.8 Å². The van der Waals surface area contributed by atoms with Gasteiger partial charge in [-0.2, -0.15) is 0 Å². The minimum atomic E-state index is -1.05. The normalized spacial score (nSPS) is 18.9. The van der Waals surface area contributed by atoms with E-state index >= 15 is 0 Å². The third-order valence-electron chi connectivity index (χ3n) is 7.70. The maximum atomic E-state index is 14.7. The van der Waals surface area contributed by atoms with E-state index in [0.29, 0.717) is 6.42 Å². The van der Waals surface area contributed by atoms with Gasteiger partial charge in [-0.15, -0.1) is 0 Å². The van der Waals surface area contributed by atoms with Crippen molar-refractivity contribution in [3.05, 3.63) is 101 Å². The third-order valence-corrected chi connectivity index (χ3v) is 7.70. The number of nitrogens with one attached hydrogen (secondary N) is 1. The fraction of sp³-hybridized carbons (Fsp3) is 0.353. The molecule has 226 valence electrons. The number of rotatable bonds is 7. The second kappa shape index (κ2) is 13.1. The van der Waals surface area contributed by atoms with Crippen molar-refractivity contribution in [1.82, 2.24) is 10.2 Å². The van der Waals surface area contributed by atoms with Gasteiger partial charge in [0.25, 0.3) is 0 Å². The fourth-order valence-electron chi connectivity index (χ4n) is 5.88. The molecular weight excluding hydrogens is 544 g/mol. The number of methoxy groups -OCH3 is 1. The number of carbonyl (C=O) groups is 4. The monoisotopic (exact) mass is 584 g/mol. The van der Waals surface area contributed by atoms with Crippen LogP contribution in [0.1, 0.15) is 72.6 Å². The first kappa shape index (κ1) is 31.3. The van der Waals surface area contributed by atoms with E-state index in [0.717, 1.165) is 16.7 Å². The van der Waals surface area contributed by atoms with Crippen molar-refractivity contribution in [2.45, 2.75) is 64.1 Å². The Kier molecular flexibility index (Phi) is 9.53. The van der Waals surface area contributed by atoms with E-state index < -0.39 is 35.5 Å². The van der Waals surface area contributed by atoms with E-state index in [2.05, 4.69) is 5.32 Å². The largest absolute Gasteiger partial charge is 0.465 e. The predicted octanol–water partition coefficient (Wildman–Crippen LogP) is 5.10. The molecule has 1 fully saturated rings. The van der Waals surface area contributed by atoms with Crippen molar-refractivity contribution < 1.29 is 23.9 Å². The van der Waals surface area contributed by atoms with Crippen molar-refractivity contribution >= 4 is 29.5 Å². The lowest BCUT2D eigenvalue weighted by Gasteiger charge is -2.35. The number of anilines is 1. The molecule has 1 heterocycles. The molecule has 3 atom stereocenters. The van der Waals surface area contributed by atoms with Gasteiger partial charge in [-0.05, 0) is 81.3 Å². The zero-order valence-electron chi connectivity index (χ0n) is 25.4. The summed E-state index contributed by atoms with van der Waals surface area (Å²) in [6.07, 6.45) is 0.782. The highest BCUT2D eigenvalue weighted by Gasteiger charge is 2.43. The van der Waals surface area contributed by atoms with Crippen LogP contribution in [0.3, 0.4) is 0 Å². The molecule has 1 aliphatic rings. The Bertz CT molecular complexity index is 1480. The van der Waals surface area contributed by atoms with Crippen LogP contribution in [0.15, 0.2) is 78.9 Å². The molecule has 0 aromatic heterocycles. The molecule has 1 aliphatic heterocycles. The number of amides is 4. The summed E-state index contributed by atoms with van der Waals surface area (Å²) in [4.78, 5) is 56.3. The molecule has 0 radical (unpaired) electrons. The molecule has 0 bridgehead atoms. The van der Waals surface area contributed by atoms with Crippen molar-refractivity contribution in [3.63, 3.8) is 0 Å². The Hall–Kier alpha value is -4.66. The number of urea groups is 1. The van der Waals surface area contributed by atoms with Crippen LogP contribution in [0.2, 0.25) is 0 Å². The van der Waals surface area contributed by atoms with E-state index in [9.17, 15) is 19.2 Å². The Balaban J connectivity index is 1.89. The Labute approximate surface area is 253 Å². The van der Waals surface area contributed by atoms with Crippen LogP contribution in [0.4, 0.5) is 10.5 Å². The zero-order chi connectivity index (χ0) is 31.3. The summed E-state index contributed by atoms with van der Waals surface area (Å²) >= 11 is 0. The molecule has 3 aromatic carbocycles. The van der Waals surface area contributed by atoms with Gasteiger partial charge < -0.3 is 20.7 Å². The maximum absolute atomic E-state index is 14.7. The minimum Gasteiger partial charge on any atom is -0.465 e. The first-order chi connectivity index (χ1) is 20.4. The van der Waals surface area contributed by atoms with Gasteiger partial charge in [0.15, 0.2) is 0 Å². The molecule has 0 unspecified atom stereocenters. The molecular formula is C34H40N4O5. The van der Waals surface area contributed by atoms with Crippen LogP contribution < -0.4 is 16.0 Å². The predicted molar refractivity (Wildman–Crippen MR) is 166 cm³/mol. The smallest absolute Gasteiger partial charge is 0.337 e. The van der Waals surface area contributed by atoms with E-state index in [-0.39, 0.29) is 36.0 Å². The van der Waals surface area contributed by atoms with Gasteiger partial charge in [0.05, 0.1) is 18.7 Å². The molecule has 9 nitrogen and oxygen atoms in total. The number of nitrogens with zero attached hydrogens (tertiary/aromatic N) is 2. The van der Waals surface area contributed by atoms with Gasteiger partial charge in [-0.25, -0.2) is 9.59 Å². The number of benzene rings is 3. The Morgan fingerprint density at radius 2 is 1.65 bits per heavy atom. The topological polar surface area (TPSA) is 122 Å². The van der Waals surface area contributed by atoms with Crippen LogP contribution in [0.25, 0.3) is 0 Å². The summed E-state index contributed by atoms with van der Waals surface area (Å²) in [5.74, 6) is -1.47. The standard InChI is InChI=1S/C34H40N4O5/c1-22-12-9-10-17-27(22)25-19-28(23-13-7-6-8-14-23)37(21-30(39)36-34(2,3)4)31(40)29(20-25)38(33(35)42)26-16-11-15-24(18-26)32(41)43-5/h6-18,25,28-29H,19-21H2,1-5H3,(H2,35,42)(H,36,39)/t25-,28-,29-/m1/s1. The SMILES string of the molecule is COC(=O)c1cccc(N(C(N)=O)[C@@H]2C[C@H](c3ccccc3C)C[C@H](c3ccccc3)N(CC(=O)NC(C)(C)C)C2=O)c1. The summed E-state index contributed by atoms with van der Waals surface area (Å²) in [5, 5.41) is 2.97. The first-order valence-electron chi connectivity index (χ1n) is 14.4. The van der Waals surface area contributed by atoms with Gasteiger partial charge in [-0.3, -0.25) is 14.5 Å². The van der Waals surface area contributed by atoms with Crippen LogP contribution in [0.5, 0.6) is 0 Å². The molecule has 3 aromatic rings. The highest BCUT2D eigenvalue weighted by Crippen LogP contribution is 2.42. The number of ether oxygens (including phenoxy) is 1. The molecule has 0 spiro atoms. The molecule has 9 heteroatoms. The van der Waals surface area contributed by atoms with Crippen molar-refractivity contribution in [2.75, 3.05) is 18.6 Å². The molecule has 4 amide bonds. The summed E-state index contributed by atoms with van der Waals surface area (Å²) in [5.41, 5.74) is 8.97. The second-order valence-corrected chi connectivity index (χ2v) is 12.0. The van der Waals surface area contributed by atoms with Crippen molar-refractivity contribution in [1.29, 1.82) is 0 Å². The average Bonchev–Trinajstić information content (AvgIpc) is 3.09. The number of carbonyl (C=O) groups excluding carboxylic acids is 4. The zero-order valence-corrected chi connectivity index (χ0v) is 25.4. The molecule has 0 aliphatic carbocycles. The lowest BCUT2D eigenvalue weighted by Crippen LogP contribution is -2.55. The number of primary amides is 1. The third kappa shape index (κ3) is 7.41. The molecule has 0 saturated carbocycles. The Morgan fingerprint density at radius 3 is 2.28 bits per heavy atom. The van der Waals surface area contributed by atoms with Crippen molar-refractivity contribution in [2.24, 2.45) is 5.73 Å². The number of hydrogen-bond donors (Lipinski definition) is 2. The number of hydrogen-bond acceptors (Lipinski definition) is 5. The highest BCUT2D eigenvalue weighted by atomic mass is 16.5. The summed E-state index contributed by atoms with van der Waals surface area (Å²) in [6.45, 7) is 7.45. The quantitative estimate of drug-likeness (QED) is 0.375. The first-order valence-corrected chi connectivity index (χ1v) is 14.4.